The summed E-state index contributed by atoms with van der Waals surface area (Å²) in [6.07, 6.45) is 6.63. The molecule has 0 amide bonds. The van der Waals surface area contributed by atoms with Gasteiger partial charge in [-0.1, -0.05) is 6.42 Å². The number of ether oxygens (including phenoxy) is 1. The molecule has 0 spiro atoms. The molecule has 0 aliphatic carbocycles. The summed E-state index contributed by atoms with van der Waals surface area (Å²) in [6, 6.07) is 0.779. The lowest BCUT2D eigenvalue weighted by Gasteiger charge is -2.33. The highest BCUT2D eigenvalue weighted by Crippen LogP contribution is 2.16. The van der Waals surface area contributed by atoms with E-state index in [-0.39, 0.29) is 24.0 Å². The van der Waals surface area contributed by atoms with E-state index < -0.39 is 0 Å². The molecule has 0 aromatic heterocycles. The normalized spacial score (nSPS) is 23.1. The smallest absolute Gasteiger partial charge is 0.191 e. The van der Waals surface area contributed by atoms with E-state index in [0.29, 0.717) is 0 Å². The van der Waals surface area contributed by atoms with Crippen LogP contribution in [0.5, 0.6) is 0 Å². The maximum atomic E-state index is 5.37. The van der Waals surface area contributed by atoms with Crippen LogP contribution < -0.4 is 10.6 Å². The molecule has 1 atom stereocenters. The van der Waals surface area contributed by atoms with Crippen LogP contribution >= 0.6 is 24.0 Å². The topological polar surface area (TPSA) is 52.1 Å². The van der Waals surface area contributed by atoms with Gasteiger partial charge in [-0.25, -0.2) is 0 Å². The molecule has 2 fully saturated rings. The summed E-state index contributed by atoms with van der Waals surface area (Å²) in [4.78, 5) is 9.40. The van der Waals surface area contributed by atoms with Crippen LogP contribution in [-0.4, -0.2) is 87.9 Å². The van der Waals surface area contributed by atoms with Crippen LogP contribution in [0.1, 0.15) is 39.0 Å². The van der Waals surface area contributed by atoms with Gasteiger partial charge in [0.05, 0.1) is 13.2 Å². The number of likely N-dealkylation sites (tertiary alicyclic amines) is 1. The van der Waals surface area contributed by atoms with Crippen LogP contribution in [0.2, 0.25) is 0 Å². The number of unbranched alkanes of at least 4 members (excludes halogenated alkanes) is 1. The second-order valence-corrected chi connectivity index (χ2v) is 6.97. The third-order valence-corrected chi connectivity index (χ3v) is 5.15. The zero-order chi connectivity index (χ0) is 17.0. The molecule has 0 aromatic rings. The van der Waals surface area contributed by atoms with Gasteiger partial charge in [-0.3, -0.25) is 9.89 Å². The molecule has 2 N–H and O–H groups in total. The first-order chi connectivity index (χ1) is 11.8. The van der Waals surface area contributed by atoms with Gasteiger partial charge in [0, 0.05) is 45.8 Å². The van der Waals surface area contributed by atoms with Gasteiger partial charge in [-0.15, -0.1) is 24.0 Å². The van der Waals surface area contributed by atoms with Gasteiger partial charge in [-0.2, -0.15) is 0 Å². The lowest BCUT2D eigenvalue weighted by Crippen LogP contribution is -2.44. The number of morpholine rings is 1. The van der Waals surface area contributed by atoms with E-state index in [1.807, 2.05) is 7.05 Å². The Morgan fingerprint density at radius 2 is 1.80 bits per heavy atom. The number of halogens is 1. The van der Waals surface area contributed by atoms with Crippen molar-refractivity contribution in [1.82, 2.24) is 20.4 Å². The number of guanidine groups is 1. The third-order valence-electron chi connectivity index (χ3n) is 5.15. The van der Waals surface area contributed by atoms with Crippen molar-refractivity contribution in [3.63, 3.8) is 0 Å². The van der Waals surface area contributed by atoms with Crippen LogP contribution in [0.4, 0.5) is 0 Å². The molecule has 0 bridgehead atoms. The Hall–Kier alpha value is -0.120. The number of nitrogens with zero attached hydrogens (tertiary/aromatic N) is 3. The first kappa shape index (κ1) is 22.9. The average molecular weight is 467 g/mol. The zero-order valence-electron chi connectivity index (χ0n) is 16.1. The number of rotatable bonds is 8. The largest absolute Gasteiger partial charge is 0.379 e. The van der Waals surface area contributed by atoms with Crippen LogP contribution in [-0.2, 0) is 4.74 Å². The molecular formula is C18H38IN5O. The average Bonchev–Trinajstić information content (AvgIpc) is 2.62. The van der Waals surface area contributed by atoms with Gasteiger partial charge in [0.2, 0.25) is 0 Å². The summed E-state index contributed by atoms with van der Waals surface area (Å²) in [5.74, 6) is 0.926. The van der Waals surface area contributed by atoms with Crippen molar-refractivity contribution in [3.05, 3.63) is 0 Å². The van der Waals surface area contributed by atoms with Gasteiger partial charge in [0.25, 0.3) is 0 Å². The van der Waals surface area contributed by atoms with Gasteiger partial charge >= 0.3 is 0 Å². The molecule has 2 saturated heterocycles. The van der Waals surface area contributed by atoms with Crippen LogP contribution in [0.25, 0.3) is 0 Å². The fourth-order valence-corrected chi connectivity index (χ4v) is 3.51. The predicted octanol–water partition coefficient (Wildman–Crippen LogP) is 1.76. The van der Waals surface area contributed by atoms with E-state index in [1.165, 1.54) is 45.2 Å². The summed E-state index contributed by atoms with van der Waals surface area (Å²) in [5, 5.41) is 6.84. The fraction of sp³-hybridized carbons (Fsp3) is 0.944. The SMILES string of the molecule is CN=C(NCCCCN1CCCCC1C)NCCN1CCOCC1.I. The number of hydrogen-bond donors (Lipinski definition) is 2. The Balaban J connectivity index is 0.00000312. The Bertz CT molecular complexity index is 363. The highest BCUT2D eigenvalue weighted by Gasteiger charge is 2.17. The molecule has 0 radical (unpaired) electrons. The van der Waals surface area contributed by atoms with E-state index in [0.717, 1.165) is 57.9 Å². The highest BCUT2D eigenvalue weighted by molar-refractivity contribution is 14.0. The van der Waals surface area contributed by atoms with E-state index in [9.17, 15) is 0 Å². The minimum absolute atomic E-state index is 0. The van der Waals surface area contributed by atoms with Crippen molar-refractivity contribution < 1.29 is 4.74 Å². The Labute approximate surface area is 171 Å². The quantitative estimate of drug-likeness (QED) is 0.247. The van der Waals surface area contributed by atoms with Gasteiger partial charge in [0.1, 0.15) is 0 Å². The second-order valence-electron chi connectivity index (χ2n) is 6.97. The molecule has 25 heavy (non-hydrogen) atoms. The van der Waals surface area contributed by atoms with E-state index in [4.69, 9.17) is 4.74 Å². The molecular weight excluding hydrogens is 429 g/mol. The van der Waals surface area contributed by atoms with Gasteiger partial charge < -0.3 is 20.3 Å². The molecule has 6 nitrogen and oxygen atoms in total. The van der Waals surface area contributed by atoms with Gasteiger partial charge in [-0.05, 0) is 45.7 Å². The Kier molecular flexibility index (Phi) is 12.8. The second kappa shape index (κ2) is 14.0. The van der Waals surface area contributed by atoms with Crippen LogP contribution in [0, 0.1) is 0 Å². The van der Waals surface area contributed by atoms with Crippen molar-refractivity contribution in [2.24, 2.45) is 4.99 Å². The Morgan fingerprint density at radius 3 is 2.52 bits per heavy atom. The van der Waals surface area contributed by atoms with Crippen molar-refractivity contribution in [1.29, 1.82) is 0 Å². The van der Waals surface area contributed by atoms with E-state index >= 15 is 0 Å². The van der Waals surface area contributed by atoms with Crippen LogP contribution in [0.3, 0.4) is 0 Å². The molecule has 0 saturated carbocycles. The van der Waals surface area contributed by atoms with Gasteiger partial charge in [0.15, 0.2) is 5.96 Å². The first-order valence-electron chi connectivity index (χ1n) is 9.78. The van der Waals surface area contributed by atoms with Crippen molar-refractivity contribution in [2.75, 3.05) is 66.1 Å². The Morgan fingerprint density at radius 1 is 1.04 bits per heavy atom. The standard InChI is InChI=1S/C18H37N5O.HI/c1-17-7-3-5-10-23(17)11-6-4-8-20-18(19-2)21-9-12-22-13-15-24-16-14-22;/h17H,3-16H2,1-2H3,(H2,19,20,21);1H. The minimum Gasteiger partial charge on any atom is -0.379 e. The molecule has 2 heterocycles. The van der Waals surface area contributed by atoms with Crippen molar-refractivity contribution in [2.45, 2.75) is 45.1 Å². The summed E-state index contributed by atoms with van der Waals surface area (Å²) < 4.78 is 5.37. The molecule has 2 aliphatic rings. The van der Waals surface area contributed by atoms with E-state index in [1.54, 1.807) is 0 Å². The summed E-state index contributed by atoms with van der Waals surface area (Å²) in [6.45, 7) is 11.7. The summed E-state index contributed by atoms with van der Waals surface area (Å²) >= 11 is 0. The van der Waals surface area contributed by atoms with Crippen molar-refractivity contribution in [3.8, 4) is 0 Å². The highest BCUT2D eigenvalue weighted by atomic mass is 127. The molecule has 7 heteroatoms. The summed E-state index contributed by atoms with van der Waals surface area (Å²) in [5.41, 5.74) is 0. The third kappa shape index (κ3) is 9.40. The lowest BCUT2D eigenvalue weighted by molar-refractivity contribution is 0.0389. The number of aliphatic imine (C=N–C) groups is 1. The minimum atomic E-state index is 0. The molecule has 2 rings (SSSR count). The molecule has 1 unspecified atom stereocenters. The monoisotopic (exact) mass is 467 g/mol. The molecule has 2 aliphatic heterocycles. The summed E-state index contributed by atoms with van der Waals surface area (Å²) in [7, 11) is 1.85. The fourth-order valence-electron chi connectivity index (χ4n) is 3.51. The maximum Gasteiger partial charge on any atom is 0.191 e. The lowest BCUT2D eigenvalue weighted by atomic mass is 10.0. The predicted molar refractivity (Wildman–Crippen MR) is 116 cm³/mol. The number of piperidine rings is 1. The maximum absolute atomic E-state index is 5.37. The van der Waals surface area contributed by atoms with E-state index in [2.05, 4.69) is 32.3 Å². The number of hydrogen-bond acceptors (Lipinski definition) is 4. The number of nitrogens with one attached hydrogen (secondary N) is 2. The molecule has 148 valence electrons. The van der Waals surface area contributed by atoms with Crippen LogP contribution in [0.15, 0.2) is 4.99 Å². The van der Waals surface area contributed by atoms with Crippen molar-refractivity contribution >= 4 is 29.9 Å². The first-order valence-corrected chi connectivity index (χ1v) is 9.78. The zero-order valence-corrected chi connectivity index (χ0v) is 18.5. The molecule has 0 aromatic carbocycles.